The maximum atomic E-state index is 6.82. The average molecular weight is 453 g/mol. The molecule has 0 aromatic heterocycles. The van der Waals surface area contributed by atoms with Crippen molar-refractivity contribution in [1.29, 1.82) is 0 Å². The summed E-state index contributed by atoms with van der Waals surface area (Å²) in [6.07, 6.45) is 4.35. The van der Waals surface area contributed by atoms with Crippen molar-refractivity contribution < 1.29 is 13.3 Å². The maximum Gasteiger partial charge on any atom is 0.281 e. The third kappa shape index (κ3) is 5.87. The molecular weight excluding hydrogens is 413 g/mol. The van der Waals surface area contributed by atoms with Gasteiger partial charge in [0.25, 0.3) is 8.32 Å². The zero-order valence-corrected chi connectivity index (χ0v) is 23.4. The Balaban J connectivity index is 2.70. The fourth-order valence-corrected chi connectivity index (χ4v) is 15.7. The molecule has 1 aromatic rings. The molecule has 1 saturated heterocycles. The molecule has 0 N–H and O–H groups in total. The second kappa shape index (κ2) is 9.24. The first-order valence-corrected chi connectivity index (χ1v) is 22.5. The SMILES string of the molecule is C=Cc1cccc([Si]2(C(O[Si](C)(C)C)O[Si](C)(C)C)CCCCO2)c1[SiH](C)C. The van der Waals surface area contributed by atoms with Crippen molar-refractivity contribution in [3.63, 3.8) is 0 Å². The Kier molecular flexibility index (Phi) is 7.91. The highest BCUT2D eigenvalue weighted by molar-refractivity contribution is 6.93. The van der Waals surface area contributed by atoms with E-state index in [0.29, 0.717) is 0 Å². The summed E-state index contributed by atoms with van der Waals surface area (Å²) in [5.74, 6) is -0.210. The Morgan fingerprint density at radius 1 is 1.07 bits per heavy atom. The van der Waals surface area contributed by atoms with Gasteiger partial charge in [0.2, 0.25) is 0 Å². The maximum absolute atomic E-state index is 6.82. The van der Waals surface area contributed by atoms with Gasteiger partial charge >= 0.3 is 0 Å². The highest BCUT2D eigenvalue weighted by Crippen LogP contribution is 2.31. The monoisotopic (exact) mass is 452 g/mol. The summed E-state index contributed by atoms with van der Waals surface area (Å²) in [5.41, 5.74) is 1.28. The van der Waals surface area contributed by atoms with Crippen molar-refractivity contribution >= 4 is 50.2 Å². The first-order valence-electron chi connectivity index (χ1n) is 10.6. The van der Waals surface area contributed by atoms with E-state index >= 15 is 0 Å². The molecule has 0 radical (unpaired) electrons. The summed E-state index contributed by atoms with van der Waals surface area (Å²) in [6.45, 7) is 23.3. The van der Waals surface area contributed by atoms with E-state index in [4.69, 9.17) is 13.3 Å². The van der Waals surface area contributed by atoms with Crippen LogP contribution in [0.2, 0.25) is 58.4 Å². The van der Waals surface area contributed by atoms with Crippen LogP contribution >= 0.6 is 0 Å². The van der Waals surface area contributed by atoms with Crippen molar-refractivity contribution in [3.8, 4) is 0 Å². The van der Waals surface area contributed by atoms with Crippen molar-refractivity contribution in [1.82, 2.24) is 0 Å². The quantitative estimate of drug-likeness (QED) is 0.427. The Labute approximate surface area is 177 Å². The van der Waals surface area contributed by atoms with Gasteiger partial charge in [0, 0.05) is 6.61 Å². The van der Waals surface area contributed by atoms with E-state index in [1.54, 1.807) is 0 Å². The molecule has 0 bridgehead atoms. The van der Waals surface area contributed by atoms with Gasteiger partial charge in [-0.3, -0.25) is 0 Å². The molecule has 1 aliphatic heterocycles. The lowest BCUT2D eigenvalue weighted by molar-refractivity contribution is 0.0310. The predicted molar refractivity (Wildman–Crippen MR) is 133 cm³/mol. The molecule has 0 amide bonds. The van der Waals surface area contributed by atoms with Crippen LogP contribution in [0.15, 0.2) is 24.8 Å². The van der Waals surface area contributed by atoms with E-state index < -0.39 is 33.7 Å². The van der Waals surface area contributed by atoms with Crippen LogP contribution < -0.4 is 10.4 Å². The molecule has 158 valence electrons. The van der Waals surface area contributed by atoms with Crippen LogP contribution in [0.4, 0.5) is 0 Å². The Hall–Kier alpha value is -0.292. The molecule has 28 heavy (non-hydrogen) atoms. The molecular formula is C21H40O3Si4. The summed E-state index contributed by atoms with van der Waals surface area (Å²) in [4.78, 5) is 0. The lowest BCUT2D eigenvalue weighted by Crippen LogP contribution is -2.70. The van der Waals surface area contributed by atoms with E-state index in [1.165, 1.54) is 22.4 Å². The van der Waals surface area contributed by atoms with Crippen LogP contribution in [0.3, 0.4) is 0 Å². The molecule has 1 heterocycles. The lowest BCUT2D eigenvalue weighted by Gasteiger charge is -2.46. The molecule has 1 aliphatic rings. The van der Waals surface area contributed by atoms with E-state index in [-0.39, 0.29) is 5.91 Å². The van der Waals surface area contributed by atoms with Crippen LogP contribution in [0.1, 0.15) is 18.4 Å². The molecule has 1 fully saturated rings. The molecule has 0 spiro atoms. The standard InChI is InChI=1S/C21H40O3Si4/c1-10-18-14-13-15-19(20(18)25(2)3)28(17-12-11-16-22-28)21(23-26(4,5)6)24-27(7,8)9/h10,13-15,21,25H,1,11-12,16-17H2,2-9H3. The second-order valence-electron chi connectivity index (χ2n) is 10.2. The Bertz CT molecular complexity index is 655. The zero-order valence-electron chi connectivity index (χ0n) is 19.2. The van der Waals surface area contributed by atoms with E-state index in [0.717, 1.165) is 19.1 Å². The van der Waals surface area contributed by atoms with Crippen molar-refractivity contribution in [2.24, 2.45) is 0 Å². The molecule has 0 saturated carbocycles. The Morgan fingerprint density at radius 2 is 1.68 bits per heavy atom. The van der Waals surface area contributed by atoms with Gasteiger partial charge in [-0.05, 0) is 62.5 Å². The van der Waals surface area contributed by atoms with Crippen LogP contribution in [0.5, 0.6) is 0 Å². The molecule has 3 nitrogen and oxygen atoms in total. The van der Waals surface area contributed by atoms with Crippen LogP contribution in [0, 0.1) is 0 Å². The van der Waals surface area contributed by atoms with Crippen molar-refractivity contribution in [3.05, 3.63) is 30.3 Å². The van der Waals surface area contributed by atoms with Gasteiger partial charge < -0.3 is 13.3 Å². The normalized spacial score (nSPS) is 21.4. The van der Waals surface area contributed by atoms with Crippen LogP contribution in [-0.4, -0.2) is 46.3 Å². The summed E-state index contributed by atoms with van der Waals surface area (Å²) in [6, 6.07) is 7.79. The van der Waals surface area contributed by atoms with Gasteiger partial charge in [0.15, 0.2) is 22.5 Å². The average Bonchev–Trinajstić information content (AvgIpc) is 2.58. The minimum absolute atomic E-state index is 0.210. The topological polar surface area (TPSA) is 27.7 Å². The Morgan fingerprint density at radius 3 is 2.11 bits per heavy atom. The van der Waals surface area contributed by atoms with Gasteiger partial charge in [-0.25, -0.2) is 0 Å². The predicted octanol–water partition coefficient (Wildman–Crippen LogP) is 4.55. The van der Waals surface area contributed by atoms with E-state index in [2.05, 4.69) is 77.2 Å². The van der Waals surface area contributed by atoms with Crippen LogP contribution in [-0.2, 0) is 13.3 Å². The minimum atomic E-state index is -2.45. The van der Waals surface area contributed by atoms with Crippen LogP contribution in [0.25, 0.3) is 6.08 Å². The molecule has 2 rings (SSSR count). The molecule has 7 heteroatoms. The summed E-state index contributed by atoms with van der Waals surface area (Å²) < 4.78 is 20.4. The van der Waals surface area contributed by atoms with Crippen molar-refractivity contribution in [2.75, 3.05) is 6.61 Å². The van der Waals surface area contributed by atoms with E-state index in [9.17, 15) is 0 Å². The first kappa shape index (κ1) is 24.0. The smallest absolute Gasteiger partial charge is 0.281 e. The molecule has 0 aliphatic carbocycles. The van der Waals surface area contributed by atoms with Gasteiger partial charge in [-0.15, -0.1) is 0 Å². The molecule has 1 aromatic carbocycles. The number of hydrogen-bond acceptors (Lipinski definition) is 3. The van der Waals surface area contributed by atoms with Gasteiger partial charge in [0.1, 0.15) is 0 Å². The summed E-state index contributed by atoms with van der Waals surface area (Å²) in [7, 11) is -7.16. The fourth-order valence-electron chi connectivity index (χ4n) is 3.97. The minimum Gasteiger partial charge on any atom is -0.408 e. The summed E-state index contributed by atoms with van der Waals surface area (Å²) in [5, 5.41) is 2.93. The van der Waals surface area contributed by atoms with Gasteiger partial charge in [-0.1, -0.05) is 55.6 Å². The summed E-state index contributed by atoms with van der Waals surface area (Å²) >= 11 is 0. The largest absolute Gasteiger partial charge is 0.408 e. The van der Waals surface area contributed by atoms with E-state index in [1.807, 2.05) is 6.08 Å². The molecule has 1 unspecified atom stereocenters. The second-order valence-corrected chi connectivity index (χ2v) is 25.5. The van der Waals surface area contributed by atoms with Crippen molar-refractivity contribution in [2.45, 2.75) is 77.2 Å². The first-order chi connectivity index (χ1) is 12.9. The number of hydrogen-bond donors (Lipinski definition) is 0. The fraction of sp³-hybridized carbons (Fsp3) is 0.619. The molecule has 1 atom stereocenters. The zero-order chi connectivity index (χ0) is 21.2. The highest BCUT2D eigenvalue weighted by atomic mass is 28.4. The highest BCUT2D eigenvalue weighted by Gasteiger charge is 2.52. The number of rotatable bonds is 8. The third-order valence-electron chi connectivity index (χ3n) is 5.00. The lowest BCUT2D eigenvalue weighted by atomic mass is 10.2. The third-order valence-corrected chi connectivity index (χ3v) is 13.6. The number of benzene rings is 1. The van der Waals surface area contributed by atoms with Gasteiger partial charge in [-0.2, -0.15) is 0 Å². The van der Waals surface area contributed by atoms with Gasteiger partial charge in [0.05, 0.1) is 8.80 Å².